The molecule has 1 amide bonds. The zero-order valence-corrected chi connectivity index (χ0v) is 23.0. The molecule has 0 radical (unpaired) electrons. The van der Waals surface area contributed by atoms with Gasteiger partial charge in [0.1, 0.15) is 11.5 Å². The minimum absolute atomic E-state index is 0.188. The van der Waals surface area contributed by atoms with Crippen molar-refractivity contribution in [3.05, 3.63) is 57.6 Å². The van der Waals surface area contributed by atoms with Crippen molar-refractivity contribution in [1.29, 1.82) is 0 Å². The van der Waals surface area contributed by atoms with E-state index >= 15 is 0 Å². The first-order valence-electron chi connectivity index (χ1n) is 13.4. The van der Waals surface area contributed by atoms with Gasteiger partial charge in [-0.2, -0.15) is 0 Å². The number of aryl methyl sites for hydroxylation is 1. The highest BCUT2D eigenvalue weighted by atomic mass is 35.5. The number of carbonyl (C=O) groups is 2. The summed E-state index contributed by atoms with van der Waals surface area (Å²) in [5.74, 6) is 3.33. The summed E-state index contributed by atoms with van der Waals surface area (Å²) in [5, 5.41) is 3.49. The van der Waals surface area contributed by atoms with Crippen LogP contribution in [-0.4, -0.2) is 25.6 Å². The van der Waals surface area contributed by atoms with Gasteiger partial charge in [0, 0.05) is 17.5 Å². The van der Waals surface area contributed by atoms with E-state index in [0.717, 1.165) is 50.7 Å². The largest absolute Gasteiger partial charge is 0.497 e. The van der Waals surface area contributed by atoms with Gasteiger partial charge in [0.15, 0.2) is 0 Å². The lowest BCUT2D eigenvalue weighted by molar-refractivity contribution is -0.129. The van der Waals surface area contributed by atoms with Gasteiger partial charge >= 0.3 is 6.09 Å². The summed E-state index contributed by atoms with van der Waals surface area (Å²) in [6.07, 6.45) is 7.19. The molecular formula is C30H35Cl2NO4. The summed E-state index contributed by atoms with van der Waals surface area (Å²) in [6, 6.07) is 11.5. The number of unbranched alkanes of at least 4 members (excludes halogenated alkanes) is 1. The number of rotatable bonds is 7. The average molecular weight is 545 g/mol. The average Bonchev–Trinajstić information content (AvgIpc) is 3.15. The van der Waals surface area contributed by atoms with Crippen molar-refractivity contribution < 1.29 is 19.1 Å². The van der Waals surface area contributed by atoms with E-state index in [0.29, 0.717) is 58.2 Å². The third-order valence-corrected chi connectivity index (χ3v) is 9.88. The first kappa shape index (κ1) is 26.4. The number of carbonyl (C=O) groups excluding carboxylic acids is 2. The molecule has 0 saturated heterocycles. The molecule has 5 atom stereocenters. The number of ketones is 1. The Balaban J connectivity index is 1.16. The molecule has 1 N–H and O–H groups in total. The molecule has 0 bridgehead atoms. The Bertz CT molecular complexity index is 1180. The van der Waals surface area contributed by atoms with Gasteiger partial charge in [-0.05, 0) is 110 Å². The van der Waals surface area contributed by atoms with Gasteiger partial charge in [0.2, 0.25) is 0 Å². The second-order valence-corrected chi connectivity index (χ2v) is 11.9. The van der Waals surface area contributed by atoms with Gasteiger partial charge in [0.25, 0.3) is 0 Å². The molecule has 0 unspecified atom stereocenters. The SMILES string of the molecule is COc1ccc2c(c1)CC[C@H]1[C@@H]3[C@H](CCCCOC(=O)Nc4ccc(Cl)c(Cl)c4)CC(=O)[C@@]3(C)CC[C@H]21. The zero-order valence-electron chi connectivity index (χ0n) is 21.5. The lowest BCUT2D eigenvalue weighted by Crippen LogP contribution is -2.44. The predicted molar refractivity (Wildman–Crippen MR) is 147 cm³/mol. The number of fused-ring (bicyclic) bond motifs is 5. The zero-order chi connectivity index (χ0) is 26.2. The van der Waals surface area contributed by atoms with Crippen LogP contribution in [0.4, 0.5) is 10.5 Å². The molecule has 2 saturated carbocycles. The van der Waals surface area contributed by atoms with Crippen LogP contribution in [0.3, 0.4) is 0 Å². The highest BCUT2D eigenvalue weighted by Crippen LogP contribution is 2.62. The van der Waals surface area contributed by atoms with Crippen molar-refractivity contribution in [1.82, 2.24) is 0 Å². The van der Waals surface area contributed by atoms with Gasteiger partial charge in [-0.25, -0.2) is 4.79 Å². The van der Waals surface area contributed by atoms with Crippen LogP contribution in [0.25, 0.3) is 0 Å². The molecule has 3 aliphatic carbocycles. The molecule has 0 aliphatic heterocycles. The van der Waals surface area contributed by atoms with Crippen LogP contribution in [0.5, 0.6) is 5.75 Å². The topological polar surface area (TPSA) is 64.6 Å². The Labute approximate surface area is 229 Å². The van der Waals surface area contributed by atoms with Crippen LogP contribution in [0.2, 0.25) is 10.0 Å². The fourth-order valence-corrected chi connectivity index (χ4v) is 7.71. The molecule has 2 aromatic rings. The van der Waals surface area contributed by atoms with Crippen LogP contribution in [-0.2, 0) is 16.0 Å². The number of hydrogen-bond donors (Lipinski definition) is 1. The van der Waals surface area contributed by atoms with Gasteiger partial charge in [-0.1, -0.05) is 36.2 Å². The third-order valence-electron chi connectivity index (χ3n) is 9.15. The Morgan fingerprint density at radius 1 is 1.11 bits per heavy atom. The number of nitrogens with one attached hydrogen (secondary N) is 1. The molecular weight excluding hydrogens is 509 g/mol. The molecule has 37 heavy (non-hydrogen) atoms. The maximum Gasteiger partial charge on any atom is 0.411 e. The molecule has 0 aromatic heterocycles. The van der Waals surface area contributed by atoms with Gasteiger partial charge in [0.05, 0.1) is 23.8 Å². The van der Waals surface area contributed by atoms with Gasteiger partial charge in [-0.3, -0.25) is 10.1 Å². The lowest BCUT2D eigenvalue weighted by atomic mass is 9.54. The highest BCUT2D eigenvalue weighted by Gasteiger charge is 2.58. The summed E-state index contributed by atoms with van der Waals surface area (Å²) < 4.78 is 10.8. The highest BCUT2D eigenvalue weighted by molar-refractivity contribution is 6.42. The minimum Gasteiger partial charge on any atom is -0.497 e. The first-order valence-corrected chi connectivity index (χ1v) is 14.1. The van der Waals surface area contributed by atoms with Gasteiger partial charge < -0.3 is 9.47 Å². The lowest BCUT2D eigenvalue weighted by Gasteiger charge is -2.50. The minimum atomic E-state index is -0.505. The van der Waals surface area contributed by atoms with E-state index in [2.05, 4.69) is 30.4 Å². The molecule has 3 aliphatic rings. The summed E-state index contributed by atoms with van der Waals surface area (Å²) >= 11 is 11.9. The van der Waals surface area contributed by atoms with Crippen LogP contribution in [0, 0.1) is 23.2 Å². The Morgan fingerprint density at radius 2 is 1.95 bits per heavy atom. The van der Waals surface area contributed by atoms with E-state index in [-0.39, 0.29) is 5.41 Å². The van der Waals surface area contributed by atoms with Crippen LogP contribution in [0.1, 0.15) is 68.9 Å². The Hall–Kier alpha value is -2.24. The molecule has 0 spiro atoms. The Morgan fingerprint density at radius 3 is 2.73 bits per heavy atom. The smallest absolute Gasteiger partial charge is 0.411 e. The normalized spacial score (nSPS) is 28.2. The monoisotopic (exact) mass is 543 g/mol. The molecule has 198 valence electrons. The quantitative estimate of drug-likeness (QED) is 0.358. The summed E-state index contributed by atoms with van der Waals surface area (Å²) in [4.78, 5) is 25.4. The maximum atomic E-state index is 13.2. The molecule has 5 rings (SSSR count). The molecule has 2 aromatic carbocycles. The van der Waals surface area contributed by atoms with Crippen molar-refractivity contribution >= 4 is 40.8 Å². The van der Waals surface area contributed by atoms with E-state index in [1.54, 1.807) is 25.3 Å². The summed E-state index contributed by atoms with van der Waals surface area (Å²) in [5.41, 5.74) is 3.24. The summed E-state index contributed by atoms with van der Waals surface area (Å²) in [6.45, 7) is 2.58. The maximum absolute atomic E-state index is 13.2. The Kier molecular flexibility index (Phi) is 7.74. The van der Waals surface area contributed by atoms with Crippen LogP contribution < -0.4 is 10.1 Å². The van der Waals surface area contributed by atoms with E-state index in [4.69, 9.17) is 32.7 Å². The number of methoxy groups -OCH3 is 1. The van der Waals surface area contributed by atoms with Crippen molar-refractivity contribution in [2.75, 3.05) is 19.0 Å². The molecule has 2 fully saturated rings. The number of Topliss-reactive ketones (excluding diaryl/α,β-unsaturated/α-hetero) is 1. The predicted octanol–water partition coefficient (Wildman–Crippen LogP) is 8.07. The fourth-order valence-electron chi connectivity index (χ4n) is 7.41. The van der Waals surface area contributed by atoms with E-state index < -0.39 is 6.09 Å². The number of anilines is 1. The molecule has 7 heteroatoms. The third kappa shape index (κ3) is 5.22. The molecule has 5 nitrogen and oxygen atoms in total. The summed E-state index contributed by atoms with van der Waals surface area (Å²) in [7, 11) is 1.72. The standard InChI is InChI=1S/C30H35Cl2NO4/c1-30-13-12-23-22-10-8-21(36-2)15-18(22)6-9-24(23)28(30)19(16-27(30)34)5-3-4-14-37-29(35)33-20-7-11-25(31)26(32)17-20/h7-8,10-11,15,17,19,23-24,28H,3-6,9,12-14,16H2,1-2H3,(H,33,35)/t19-,23-,24-,28+,30-/m1/s1. The number of benzene rings is 2. The number of hydrogen-bond acceptors (Lipinski definition) is 4. The number of halogens is 2. The van der Waals surface area contributed by atoms with Crippen molar-refractivity contribution in [3.8, 4) is 5.75 Å². The van der Waals surface area contributed by atoms with E-state index in [1.165, 1.54) is 11.1 Å². The van der Waals surface area contributed by atoms with Crippen molar-refractivity contribution in [2.24, 2.45) is 23.2 Å². The number of amides is 1. The second kappa shape index (κ2) is 10.9. The first-order chi connectivity index (χ1) is 17.8. The van der Waals surface area contributed by atoms with Crippen molar-refractivity contribution in [2.45, 2.75) is 64.2 Å². The van der Waals surface area contributed by atoms with Crippen LogP contribution >= 0.6 is 23.2 Å². The van der Waals surface area contributed by atoms with E-state index in [1.807, 2.05) is 0 Å². The van der Waals surface area contributed by atoms with E-state index in [9.17, 15) is 9.59 Å². The van der Waals surface area contributed by atoms with Crippen molar-refractivity contribution in [3.63, 3.8) is 0 Å². The second-order valence-electron chi connectivity index (χ2n) is 11.1. The molecule has 0 heterocycles. The van der Waals surface area contributed by atoms with Crippen LogP contribution in [0.15, 0.2) is 36.4 Å². The number of ether oxygens (including phenoxy) is 2. The van der Waals surface area contributed by atoms with Gasteiger partial charge in [-0.15, -0.1) is 0 Å². The fraction of sp³-hybridized carbons (Fsp3) is 0.533.